The second kappa shape index (κ2) is 36.5. The lowest BCUT2D eigenvalue weighted by Gasteiger charge is -2.22. The zero-order chi connectivity index (χ0) is 93.3. The van der Waals surface area contributed by atoms with Crippen molar-refractivity contribution < 1.29 is 4.42 Å². The van der Waals surface area contributed by atoms with Crippen molar-refractivity contribution in [2.24, 2.45) is 0 Å². The van der Waals surface area contributed by atoms with Crippen molar-refractivity contribution in [1.29, 1.82) is 0 Å². The van der Waals surface area contributed by atoms with Gasteiger partial charge in [-0.25, -0.2) is 49.8 Å². The van der Waals surface area contributed by atoms with E-state index in [1.54, 1.807) is 0 Å². The van der Waals surface area contributed by atoms with Crippen LogP contribution < -0.4 is 20.7 Å². The van der Waals surface area contributed by atoms with Crippen LogP contribution in [0.15, 0.2) is 387 Å². The molecule has 0 unspecified atom stereocenters. The molecule has 19 heteroatoms. The van der Waals surface area contributed by atoms with E-state index in [4.69, 9.17) is 62.4 Å². The maximum atomic E-state index is 6.27. The molecule has 11 nitrogen and oxygen atoms in total. The second-order valence-corrected chi connectivity index (χ2v) is 46.6. The molecule has 2 aliphatic rings. The minimum atomic E-state index is -1.82. The van der Waals surface area contributed by atoms with E-state index in [1.165, 1.54) is 102 Å². The fraction of sp³-hybridized carbons (Fsp3) is 0.0508. The second-order valence-electron chi connectivity index (χ2n) is 35.3. The van der Waals surface area contributed by atoms with E-state index in [0.29, 0.717) is 5.28 Å². The first-order valence-corrected chi connectivity index (χ1v) is 53.8. The quantitative estimate of drug-likeness (QED) is 0.106. The van der Waals surface area contributed by atoms with Gasteiger partial charge in [-0.1, -0.05) is 365 Å². The molecule has 0 aliphatic carbocycles. The van der Waals surface area contributed by atoms with E-state index in [2.05, 4.69) is 339 Å². The number of nitrogens with zero attached hydrogens (tertiary/aromatic N) is 10. The Bertz CT molecular complexity index is 8670. The van der Waals surface area contributed by atoms with Gasteiger partial charge in [-0.05, 0) is 197 Å². The van der Waals surface area contributed by atoms with Crippen molar-refractivity contribution >= 4 is 203 Å². The molecule has 24 aromatic rings. The summed E-state index contributed by atoms with van der Waals surface area (Å²) in [5.74, 6) is 0. The van der Waals surface area contributed by atoms with Gasteiger partial charge in [0.1, 0.15) is 27.3 Å². The van der Waals surface area contributed by atoms with Crippen molar-refractivity contribution in [3.05, 3.63) is 420 Å². The normalized spacial score (nSPS) is 12.5. The minimum Gasteiger partial charge on any atom is -0.455 e. The van der Waals surface area contributed by atoms with Gasteiger partial charge in [0.25, 0.3) is 0 Å². The molecule has 0 atom stereocenters. The van der Waals surface area contributed by atoms with Crippen molar-refractivity contribution in [1.82, 2.24) is 49.8 Å². The Morgan fingerprint density at radius 3 is 0.985 bits per heavy atom. The van der Waals surface area contributed by atoms with Gasteiger partial charge in [0.15, 0.2) is 0 Å². The molecule has 2 aliphatic heterocycles. The average molecular weight is 1920 g/mol. The lowest BCUT2D eigenvalue weighted by molar-refractivity contribution is 0.670. The summed E-state index contributed by atoms with van der Waals surface area (Å²) in [4.78, 5) is 44.3. The maximum Gasteiger partial charge on any atom is 0.223 e. The first kappa shape index (κ1) is 87.7. The number of aromatic nitrogens is 10. The predicted octanol–water partition coefficient (Wildman–Crippen LogP) is 31.2. The summed E-state index contributed by atoms with van der Waals surface area (Å²) in [7, 11) is -3.59. The molecule has 0 saturated heterocycles. The van der Waals surface area contributed by atoms with Gasteiger partial charge in [0.05, 0.1) is 56.1 Å². The van der Waals surface area contributed by atoms with E-state index in [9.17, 15) is 0 Å². The fourth-order valence-corrected chi connectivity index (χ4v) is 29.0. The molecule has 26 rings (SSSR count). The van der Waals surface area contributed by atoms with E-state index < -0.39 is 16.1 Å². The van der Waals surface area contributed by atoms with Crippen molar-refractivity contribution in [3.63, 3.8) is 0 Å². The van der Waals surface area contributed by atoms with Crippen LogP contribution in [-0.2, 0) is 0 Å². The molecule has 0 fully saturated rings. The average Bonchev–Trinajstić information content (AvgIpc) is 1.56. The van der Waals surface area contributed by atoms with Gasteiger partial charge in [-0.15, -0.1) is 11.3 Å². The summed E-state index contributed by atoms with van der Waals surface area (Å²) in [6, 6.07) is 132. The number of fused-ring (bicyclic) bond motifs is 17. The van der Waals surface area contributed by atoms with Crippen LogP contribution in [0.3, 0.4) is 0 Å². The molecule has 0 amide bonds. The zero-order valence-electron chi connectivity index (χ0n) is 75.1. The highest BCUT2D eigenvalue weighted by Crippen LogP contribution is 2.45. The summed E-state index contributed by atoms with van der Waals surface area (Å²) in [5.41, 5.74) is 31.0. The third-order valence-corrected chi connectivity index (χ3v) is 35.2. The number of halogens is 5. The van der Waals surface area contributed by atoms with E-state index in [1.807, 2.05) is 145 Å². The molecule has 17 aromatic carbocycles. The number of rotatable bonds is 8. The highest BCUT2D eigenvalue weighted by Gasteiger charge is 2.41. The van der Waals surface area contributed by atoms with Crippen molar-refractivity contribution in [3.8, 4) is 112 Å². The van der Waals surface area contributed by atoms with E-state index in [0.717, 1.165) is 138 Å². The monoisotopic (exact) mass is 1920 g/mol. The Kier molecular flexibility index (Phi) is 23.4. The van der Waals surface area contributed by atoms with Crippen LogP contribution in [-0.4, -0.2) is 66.0 Å². The van der Waals surface area contributed by atoms with Gasteiger partial charge < -0.3 is 4.42 Å². The smallest absolute Gasteiger partial charge is 0.223 e. The number of furan rings is 1. The summed E-state index contributed by atoms with van der Waals surface area (Å²) in [6.45, 7) is 13.9. The van der Waals surface area contributed by atoms with Crippen molar-refractivity contribution in [2.45, 2.75) is 40.0 Å². The number of hydrogen-bond acceptors (Lipinski definition) is 12. The Morgan fingerprint density at radius 2 is 0.526 bits per heavy atom. The van der Waals surface area contributed by atoms with Gasteiger partial charge in [-0.3, -0.25) is 0 Å². The first-order valence-electron chi connectivity index (χ1n) is 45.1. The van der Waals surface area contributed by atoms with Gasteiger partial charge in [0, 0.05) is 91.3 Å². The Morgan fingerprint density at radius 1 is 0.226 bits per heavy atom. The van der Waals surface area contributed by atoms with Crippen LogP contribution >= 0.6 is 69.3 Å². The molecule has 0 spiro atoms. The third-order valence-electron chi connectivity index (χ3n) is 26.0. The molecule has 658 valence electrons. The third kappa shape index (κ3) is 16.6. The molecule has 0 radical (unpaired) electrons. The summed E-state index contributed by atoms with van der Waals surface area (Å²) < 4.78 is 8.83. The first-order chi connectivity index (χ1) is 66.8. The van der Waals surface area contributed by atoms with E-state index >= 15 is 0 Å². The minimum absolute atomic E-state index is 0.250. The predicted molar refractivity (Wildman–Crippen MR) is 580 cm³/mol. The molecule has 9 heterocycles. The standard InChI is InChI=1S/C28H21ClN2Si.C26H15ClN2O.C26H15ClN2S.C22H17ClN2Si.C16H13ClN2/c1-32(2)25-13-6-4-8-21(25)22-11-7-10-20(27(22)32)18-14-16-19(17-15-18)26-23-9-3-5-12-24(23)30-28(29)31-26;2*27-26-28-22-10-3-1-7-21(22)24(29-26)17-14-12-16(13-15-17)18-8-5-9-20-19-6-2-4-11-23(19)30-25(18)20;1-26(2)19-13-6-4-8-14(19)15-10-7-11-17(21(15)26)20-16-9-3-5-12-18(16)24-22(23)25-20;1-10-7-11(2)9-12(8-10)15-13-5-3-4-6-14(13)18-16(17)19-15/h3-17H,1-2H3;2*1-15H;3-13H,1-2H3;3-9H,1-2H3. The maximum absolute atomic E-state index is 6.27. The van der Waals surface area contributed by atoms with Gasteiger partial charge >= 0.3 is 0 Å². The lowest BCUT2D eigenvalue weighted by Crippen LogP contribution is -2.50. The zero-order valence-corrected chi connectivity index (χ0v) is 81.6. The number of benzene rings is 17. The van der Waals surface area contributed by atoms with Crippen LogP contribution in [0.1, 0.15) is 11.1 Å². The Balaban J connectivity index is 0.0000000999. The SMILES string of the molecule is C[Si]1(C)c2ccccc2-c2cccc(-c3ccc(-c4nc(Cl)nc5ccccc45)cc3)c21.C[Si]1(C)c2ccccc2-c2cccc(-c3nc(Cl)nc4ccccc34)c21.Cc1cc(C)cc(-c2nc(Cl)nc3ccccc23)c1.Clc1nc(-c2ccc(-c3cccc4c3oc3ccccc34)cc2)c2ccccc2n1.Clc1nc(-c2ccc(-c3cccc4c3sc3ccccc34)cc2)c2ccccc2n1. The molecule has 7 aromatic heterocycles. The van der Waals surface area contributed by atoms with Crippen LogP contribution in [0.4, 0.5) is 0 Å². The molecule has 0 N–H and O–H groups in total. The summed E-state index contributed by atoms with van der Waals surface area (Å²) in [5, 5.41) is 17.3. The number of hydrogen-bond donors (Lipinski definition) is 0. The number of para-hydroxylation sites is 7. The Hall–Kier alpha value is -14.7. The van der Waals surface area contributed by atoms with Crippen LogP contribution in [0.2, 0.25) is 52.6 Å². The van der Waals surface area contributed by atoms with Crippen molar-refractivity contribution in [2.75, 3.05) is 0 Å². The number of thiophene rings is 1. The molecular formula is C118H81Cl5N10OSSi2. The van der Waals surface area contributed by atoms with Crippen LogP contribution in [0.5, 0.6) is 0 Å². The van der Waals surface area contributed by atoms with Gasteiger partial charge in [-0.2, -0.15) is 0 Å². The van der Waals surface area contributed by atoms with Crippen LogP contribution in [0, 0.1) is 13.8 Å². The Labute approximate surface area is 821 Å². The number of aryl methyl sites for hydroxylation is 2. The van der Waals surface area contributed by atoms with Gasteiger partial charge in [0.2, 0.25) is 26.4 Å². The lowest BCUT2D eigenvalue weighted by atomic mass is 9.97. The molecular weight excluding hydrogens is 1840 g/mol. The molecule has 0 bridgehead atoms. The summed E-state index contributed by atoms with van der Waals surface area (Å²) in [6.07, 6.45) is 0. The molecule has 137 heavy (non-hydrogen) atoms. The topological polar surface area (TPSA) is 142 Å². The van der Waals surface area contributed by atoms with Crippen LogP contribution in [0.25, 0.3) is 209 Å². The molecule has 0 saturated carbocycles. The largest absolute Gasteiger partial charge is 0.455 e. The highest BCUT2D eigenvalue weighted by atomic mass is 35.5. The highest BCUT2D eigenvalue weighted by molar-refractivity contribution is 7.26. The fourth-order valence-electron chi connectivity index (χ4n) is 19.9. The van der Waals surface area contributed by atoms with E-state index in [-0.39, 0.29) is 21.1 Å². The summed E-state index contributed by atoms with van der Waals surface area (Å²) >= 11 is 32.7.